The van der Waals surface area contributed by atoms with Crippen molar-refractivity contribution in [2.24, 2.45) is 4.99 Å². The minimum absolute atomic E-state index is 0.555. The molecule has 0 aliphatic carbocycles. The van der Waals surface area contributed by atoms with E-state index in [1.807, 2.05) is 0 Å². The van der Waals surface area contributed by atoms with Crippen LogP contribution in [0.15, 0.2) is 4.99 Å². The van der Waals surface area contributed by atoms with E-state index in [9.17, 15) is 0 Å². The lowest BCUT2D eigenvalue weighted by Gasteiger charge is -2.17. The molecule has 0 saturated carbocycles. The van der Waals surface area contributed by atoms with E-state index in [4.69, 9.17) is 0 Å². The molecule has 1 rings (SSSR count). The van der Waals surface area contributed by atoms with Crippen molar-refractivity contribution in [2.75, 3.05) is 27.2 Å². The van der Waals surface area contributed by atoms with Crippen molar-refractivity contribution < 1.29 is 0 Å². The van der Waals surface area contributed by atoms with Crippen LogP contribution in [0.1, 0.15) is 26.2 Å². The van der Waals surface area contributed by atoms with Crippen LogP contribution in [0.3, 0.4) is 0 Å². The van der Waals surface area contributed by atoms with Crippen molar-refractivity contribution in [3.63, 3.8) is 0 Å². The van der Waals surface area contributed by atoms with Gasteiger partial charge in [-0.25, -0.2) is 0 Å². The van der Waals surface area contributed by atoms with Crippen molar-refractivity contribution in [1.29, 1.82) is 0 Å². The maximum atomic E-state index is 4.39. The number of aliphatic imine (C=N–C) groups is 1. The zero-order valence-corrected chi connectivity index (χ0v) is 9.01. The average molecular weight is 183 g/mol. The van der Waals surface area contributed by atoms with Gasteiger partial charge in [-0.1, -0.05) is 0 Å². The Bertz CT molecular complexity index is 175. The van der Waals surface area contributed by atoms with Gasteiger partial charge in [-0.15, -0.1) is 0 Å². The molecule has 3 nitrogen and oxygen atoms in total. The van der Waals surface area contributed by atoms with Crippen LogP contribution in [0.2, 0.25) is 0 Å². The molecule has 1 atom stereocenters. The lowest BCUT2D eigenvalue weighted by molar-refractivity contribution is 0.378. The molecule has 0 radical (unpaired) electrons. The van der Waals surface area contributed by atoms with Crippen LogP contribution in [0.25, 0.3) is 0 Å². The molecule has 3 heteroatoms. The Morgan fingerprint density at radius 1 is 1.54 bits per heavy atom. The highest BCUT2D eigenvalue weighted by molar-refractivity contribution is 5.83. The number of amidine groups is 1. The Hall–Kier alpha value is -0.570. The summed E-state index contributed by atoms with van der Waals surface area (Å²) in [6.07, 6.45) is 3.56. The highest BCUT2D eigenvalue weighted by Crippen LogP contribution is 2.03. The summed E-state index contributed by atoms with van der Waals surface area (Å²) in [4.78, 5) is 6.61. The molecule has 1 heterocycles. The van der Waals surface area contributed by atoms with E-state index in [1.165, 1.54) is 18.7 Å². The smallest absolute Gasteiger partial charge is 0.0965 e. The second-order valence-corrected chi connectivity index (χ2v) is 4.07. The Morgan fingerprint density at radius 3 is 2.85 bits per heavy atom. The molecule has 0 fully saturated rings. The Kier molecular flexibility index (Phi) is 4.22. The summed E-state index contributed by atoms with van der Waals surface area (Å²) >= 11 is 0. The molecule has 0 saturated heterocycles. The lowest BCUT2D eigenvalue weighted by Crippen LogP contribution is -2.33. The van der Waals surface area contributed by atoms with Crippen molar-refractivity contribution in [1.82, 2.24) is 10.2 Å². The number of nitrogens with one attached hydrogen (secondary N) is 1. The molecule has 1 aliphatic rings. The summed E-state index contributed by atoms with van der Waals surface area (Å²) in [6, 6.07) is 0.555. The van der Waals surface area contributed by atoms with Crippen molar-refractivity contribution in [3.05, 3.63) is 0 Å². The molecular formula is C10H21N3. The van der Waals surface area contributed by atoms with Crippen LogP contribution in [0.5, 0.6) is 0 Å². The highest BCUT2D eigenvalue weighted by Gasteiger charge is 2.09. The Balaban J connectivity index is 2.13. The van der Waals surface area contributed by atoms with Gasteiger partial charge in [0.25, 0.3) is 0 Å². The fourth-order valence-electron chi connectivity index (χ4n) is 1.47. The second kappa shape index (κ2) is 5.22. The van der Waals surface area contributed by atoms with Crippen LogP contribution in [0.4, 0.5) is 0 Å². The van der Waals surface area contributed by atoms with Gasteiger partial charge >= 0.3 is 0 Å². The number of hydrogen-bond donors (Lipinski definition) is 1. The van der Waals surface area contributed by atoms with Gasteiger partial charge < -0.3 is 10.2 Å². The quantitative estimate of drug-likeness (QED) is 0.707. The van der Waals surface area contributed by atoms with Crippen molar-refractivity contribution in [2.45, 2.75) is 32.2 Å². The molecule has 13 heavy (non-hydrogen) atoms. The zero-order valence-electron chi connectivity index (χ0n) is 9.01. The summed E-state index contributed by atoms with van der Waals surface area (Å²) in [7, 11) is 4.22. The van der Waals surface area contributed by atoms with E-state index < -0.39 is 0 Å². The van der Waals surface area contributed by atoms with E-state index in [0.717, 1.165) is 19.5 Å². The predicted molar refractivity (Wildman–Crippen MR) is 57.3 cm³/mol. The molecule has 1 N–H and O–H groups in total. The number of rotatable bonds is 4. The second-order valence-electron chi connectivity index (χ2n) is 4.07. The third-order valence-electron chi connectivity index (χ3n) is 2.30. The van der Waals surface area contributed by atoms with Gasteiger partial charge in [0, 0.05) is 19.0 Å². The molecular weight excluding hydrogens is 162 g/mol. The van der Waals surface area contributed by atoms with Crippen LogP contribution in [-0.4, -0.2) is 44.0 Å². The van der Waals surface area contributed by atoms with Gasteiger partial charge in [0.05, 0.1) is 5.84 Å². The SMILES string of the molecule is CC(CCN(C)C)NC1=NCCC1. The molecule has 0 aromatic rings. The van der Waals surface area contributed by atoms with Gasteiger partial charge in [0.1, 0.15) is 0 Å². The third kappa shape index (κ3) is 4.27. The van der Waals surface area contributed by atoms with E-state index in [0.29, 0.717) is 6.04 Å². The predicted octanol–water partition coefficient (Wildman–Crippen LogP) is 1.11. The third-order valence-corrected chi connectivity index (χ3v) is 2.30. The van der Waals surface area contributed by atoms with Crippen LogP contribution in [0, 0.1) is 0 Å². The standard InChI is InChI=1S/C10H21N3/c1-9(6-8-13(2)3)12-10-5-4-7-11-10/h9H,4-8H2,1-3H3,(H,11,12). The van der Waals surface area contributed by atoms with E-state index in [2.05, 4.69) is 36.2 Å². The largest absolute Gasteiger partial charge is 0.371 e. The molecule has 0 spiro atoms. The van der Waals surface area contributed by atoms with Gasteiger partial charge in [-0.2, -0.15) is 0 Å². The van der Waals surface area contributed by atoms with Crippen LogP contribution < -0.4 is 5.32 Å². The fourth-order valence-corrected chi connectivity index (χ4v) is 1.47. The van der Waals surface area contributed by atoms with Crippen LogP contribution in [-0.2, 0) is 0 Å². The molecule has 0 amide bonds. The summed E-state index contributed by atoms with van der Waals surface area (Å²) in [5.74, 6) is 1.21. The van der Waals surface area contributed by atoms with Gasteiger partial charge in [0.2, 0.25) is 0 Å². The topological polar surface area (TPSA) is 27.6 Å². The maximum absolute atomic E-state index is 4.39. The maximum Gasteiger partial charge on any atom is 0.0965 e. The van der Waals surface area contributed by atoms with Gasteiger partial charge in [0.15, 0.2) is 0 Å². The summed E-state index contributed by atoms with van der Waals surface area (Å²) in [5, 5.41) is 3.46. The minimum atomic E-state index is 0.555. The van der Waals surface area contributed by atoms with Crippen LogP contribution >= 0.6 is 0 Å². The van der Waals surface area contributed by atoms with E-state index in [1.54, 1.807) is 0 Å². The molecule has 1 aliphatic heterocycles. The first-order chi connectivity index (χ1) is 6.18. The fraction of sp³-hybridized carbons (Fsp3) is 0.900. The Labute approximate surface area is 81.2 Å². The minimum Gasteiger partial charge on any atom is -0.371 e. The van der Waals surface area contributed by atoms with Gasteiger partial charge in [-0.3, -0.25) is 4.99 Å². The van der Waals surface area contributed by atoms with Crippen molar-refractivity contribution in [3.8, 4) is 0 Å². The Morgan fingerprint density at radius 2 is 2.31 bits per heavy atom. The summed E-state index contributed by atoms with van der Waals surface area (Å²) in [5.41, 5.74) is 0. The first-order valence-corrected chi connectivity index (χ1v) is 5.13. The normalized spacial score (nSPS) is 18.9. The van der Waals surface area contributed by atoms with Crippen molar-refractivity contribution >= 4 is 5.84 Å². The molecule has 0 aromatic carbocycles. The molecule has 76 valence electrons. The summed E-state index contributed by atoms with van der Waals surface area (Å²) in [6.45, 7) is 4.38. The molecule has 0 aromatic heterocycles. The zero-order chi connectivity index (χ0) is 9.68. The lowest BCUT2D eigenvalue weighted by atomic mass is 10.2. The number of hydrogen-bond acceptors (Lipinski definition) is 3. The first kappa shape index (κ1) is 10.5. The monoisotopic (exact) mass is 183 g/mol. The van der Waals surface area contributed by atoms with E-state index in [-0.39, 0.29) is 0 Å². The molecule has 1 unspecified atom stereocenters. The van der Waals surface area contributed by atoms with E-state index >= 15 is 0 Å². The summed E-state index contributed by atoms with van der Waals surface area (Å²) < 4.78 is 0. The number of nitrogens with zero attached hydrogens (tertiary/aromatic N) is 2. The molecule has 0 bridgehead atoms. The average Bonchev–Trinajstić information content (AvgIpc) is 2.53. The highest BCUT2D eigenvalue weighted by atomic mass is 15.1. The first-order valence-electron chi connectivity index (χ1n) is 5.13. The van der Waals surface area contributed by atoms with Gasteiger partial charge in [-0.05, 0) is 40.4 Å².